The largest absolute Gasteiger partial charge is 0.490 e. The average Bonchev–Trinajstić information content (AvgIpc) is 3.39. The van der Waals surface area contributed by atoms with E-state index in [4.69, 9.17) is 24.2 Å². The number of rotatable bonds is 3. The minimum absolute atomic E-state index is 0.0558. The molecule has 1 fully saturated rings. The standard InChI is InChI=1S/C19H27N5O2.2C2HF3O2/c1-13-5-4-7-24(10-13)19(25)18-20-16-12-23(8-6-17(16)26-18)11-15-9-14(2)21-22(15)3;2*3-2(4,5)1(6)7/h9,13H,4-8,10-12H2,1-3H3;2*(H,6,7). The molecule has 4 rings (SSSR count). The van der Waals surface area contributed by atoms with Crippen LogP contribution in [0.3, 0.4) is 0 Å². The van der Waals surface area contributed by atoms with E-state index in [0.29, 0.717) is 12.5 Å². The van der Waals surface area contributed by atoms with E-state index in [2.05, 4.69) is 28.0 Å². The number of carboxylic acids is 2. The molecule has 0 saturated carbocycles. The molecule has 17 heteroatoms. The van der Waals surface area contributed by atoms with Crippen LogP contribution in [0.5, 0.6) is 0 Å². The Morgan fingerprint density at radius 1 is 1.07 bits per heavy atom. The summed E-state index contributed by atoms with van der Waals surface area (Å²) in [6.45, 7) is 8.26. The Kier molecular flexibility index (Phi) is 10.7. The van der Waals surface area contributed by atoms with Crippen LogP contribution in [0.1, 0.15) is 53.3 Å². The van der Waals surface area contributed by atoms with Gasteiger partial charge in [-0.2, -0.15) is 31.4 Å². The summed E-state index contributed by atoms with van der Waals surface area (Å²) >= 11 is 0. The number of likely N-dealkylation sites (tertiary alicyclic amines) is 1. The molecule has 2 aliphatic rings. The van der Waals surface area contributed by atoms with E-state index in [0.717, 1.165) is 56.2 Å². The number of piperidine rings is 1. The number of amides is 1. The summed E-state index contributed by atoms with van der Waals surface area (Å²) < 4.78 is 71.2. The molecule has 2 N–H and O–H groups in total. The van der Waals surface area contributed by atoms with Crippen molar-refractivity contribution in [1.82, 2.24) is 24.6 Å². The van der Waals surface area contributed by atoms with Gasteiger partial charge >= 0.3 is 30.2 Å². The lowest BCUT2D eigenvalue weighted by molar-refractivity contribution is -0.193. The molecule has 1 saturated heterocycles. The lowest BCUT2D eigenvalue weighted by atomic mass is 10.0. The van der Waals surface area contributed by atoms with Gasteiger partial charge in [-0.05, 0) is 31.7 Å². The Labute approximate surface area is 224 Å². The van der Waals surface area contributed by atoms with Crippen LogP contribution >= 0.6 is 0 Å². The number of hydrogen-bond donors (Lipinski definition) is 2. The van der Waals surface area contributed by atoms with E-state index in [9.17, 15) is 31.1 Å². The lowest BCUT2D eigenvalue weighted by Gasteiger charge is -2.29. The van der Waals surface area contributed by atoms with Crippen molar-refractivity contribution in [3.05, 3.63) is 34.8 Å². The summed E-state index contributed by atoms with van der Waals surface area (Å²) in [4.78, 5) is 39.3. The monoisotopic (exact) mass is 585 g/mol. The number of aromatic nitrogens is 3. The maximum atomic E-state index is 12.7. The number of carbonyl (C=O) groups is 3. The minimum Gasteiger partial charge on any atom is -0.475 e. The third-order valence-corrected chi connectivity index (χ3v) is 5.90. The fraction of sp³-hybridized carbons (Fsp3) is 0.609. The fourth-order valence-electron chi connectivity index (χ4n) is 4.03. The summed E-state index contributed by atoms with van der Waals surface area (Å²) in [6, 6.07) is 2.12. The molecule has 0 spiro atoms. The minimum atomic E-state index is -5.08. The quantitative estimate of drug-likeness (QED) is 0.519. The van der Waals surface area contributed by atoms with E-state index in [1.165, 1.54) is 12.1 Å². The molecular weight excluding hydrogens is 556 g/mol. The molecule has 0 aromatic carbocycles. The Morgan fingerprint density at radius 3 is 2.12 bits per heavy atom. The van der Waals surface area contributed by atoms with Crippen LogP contribution in [-0.4, -0.2) is 84.6 Å². The Hall–Kier alpha value is -3.63. The molecular formula is C23H29F6N5O6. The van der Waals surface area contributed by atoms with Crippen LogP contribution in [0, 0.1) is 12.8 Å². The molecule has 40 heavy (non-hydrogen) atoms. The molecule has 0 bridgehead atoms. The van der Waals surface area contributed by atoms with Gasteiger partial charge in [0.05, 0.1) is 17.1 Å². The summed E-state index contributed by atoms with van der Waals surface area (Å²) in [7, 11) is 1.98. The smallest absolute Gasteiger partial charge is 0.475 e. The van der Waals surface area contributed by atoms with Crippen LogP contribution in [0.25, 0.3) is 0 Å². The van der Waals surface area contributed by atoms with Gasteiger partial charge < -0.3 is 19.5 Å². The van der Waals surface area contributed by atoms with Crippen LogP contribution < -0.4 is 0 Å². The SMILES string of the molecule is Cc1cc(CN2CCc3oc(C(=O)N4CCCC(C)C4)nc3C2)n(C)n1.O=C(O)C(F)(F)F.O=C(O)C(F)(F)F. The highest BCUT2D eigenvalue weighted by atomic mass is 19.4. The number of carboxylic acid groups (broad SMARTS) is 2. The van der Waals surface area contributed by atoms with Gasteiger partial charge in [-0.1, -0.05) is 6.92 Å². The molecule has 11 nitrogen and oxygen atoms in total. The van der Waals surface area contributed by atoms with Gasteiger partial charge in [0.1, 0.15) is 5.76 Å². The van der Waals surface area contributed by atoms with Crippen LogP contribution in [0.4, 0.5) is 26.3 Å². The average molecular weight is 586 g/mol. The normalized spacial score (nSPS) is 17.6. The molecule has 2 aromatic rings. The van der Waals surface area contributed by atoms with Crippen molar-refractivity contribution in [2.24, 2.45) is 13.0 Å². The topological polar surface area (TPSA) is 142 Å². The predicted octanol–water partition coefficient (Wildman–Crippen LogP) is 3.41. The summed E-state index contributed by atoms with van der Waals surface area (Å²) in [6.07, 6.45) is -7.12. The zero-order chi connectivity index (χ0) is 30.4. The highest BCUT2D eigenvalue weighted by Gasteiger charge is 2.39. The van der Waals surface area contributed by atoms with Gasteiger partial charge in [0.2, 0.25) is 0 Å². The number of halogens is 6. The number of aryl methyl sites for hydroxylation is 2. The van der Waals surface area contributed by atoms with E-state index in [-0.39, 0.29) is 11.8 Å². The highest BCUT2D eigenvalue weighted by Crippen LogP contribution is 2.24. The van der Waals surface area contributed by atoms with Gasteiger partial charge in [-0.25, -0.2) is 14.6 Å². The first-order chi connectivity index (χ1) is 18.4. The van der Waals surface area contributed by atoms with Crippen molar-refractivity contribution in [2.75, 3.05) is 19.6 Å². The number of oxazole rings is 1. The molecule has 2 aromatic heterocycles. The summed E-state index contributed by atoms with van der Waals surface area (Å²) in [5.41, 5.74) is 3.13. The fourth-order valence-corrected chi connectivity index (χ4v) is 4.03. The lowest BCUT2D eigenvalue weighted by Crippen LogP contribution is -2.39. The number of hydrogen-bond acceptors (Lipinski definition) is 7. The van der Waals surface area contributed by atoms with Gasteiger partial charge in [0.15, 0.2) is 0 Å². The Morgan fingerprint density at radius 2 is 1.65 bits per heavy atom. The Balaban J connectivity index is 0.000000333. The second kappa shape index (κ2) is 13.1. The maximum absolute atomic E-state index is 12.7. The molecule has 0 radical (unpaired) electrons. The molecule has 224 valence electrons. The Bertz CT molecular complexity index is 1170. The molecule has 1 amide bonds. The molecule has 1 unspecified atom stereocenters. The first-order valence-corrected chi connectivity index (χ1v) is 12.0. The van der Waals surface area contributed by atoms with Gasteiger partial charge in [0.25, 0.3) is 5.89 Å². The third-order valence-electron chi connectivity index (χ3n) is 5.90. The molecule has 2 aliphatic heterocycles. The first-order valence-electron chi connectivity index (χ1n) is 12.0. The van der Waals surface area contributed by atoms with Crippen LogP contribution in [-0.2, 0) is 36.1 Å². The van der Waals surface area contributed by atoms with Crippen molar-refractivity contribution in [3.8, 4) is 0 Å². The summed E-state index contributed by atoms with van der Waals surface area (Å²) in [5, 5.41) is 18.7. The van der Waals surface area contributed by atoms with E-state index < -0.39 is 24.3 Å². The summed E-state index contributed by atoms with van der Waals surface area (Å²) in [5.74, 6) is -3.88. The molecule has 4 heterocycles. The first kappa shape index (κ1) is 32.6. The van der Waals surface area contributed by atoms with Crippen molar-refractivity contribution in [3.63, 3.8) is 0 Å². The van der Waals surface area contributed by atoms with Crippen LogP contribution in [0.15, 0.2) is 10.5 Å². The van der Waals surface area contributed by atoms with Crippen molar-refractivity contribution >= 4 is 17.8 Å². The van der Waals surface area contributed by atoms with Gasteiger partial charge in [-0.15, -0.1) is 0 Å². The maximum Gasteiger partial charge on any atom is 0.490 e. The second-order valence-corrected chi connectivity index (χ2v) is 9.35. The molecule has 0 aliphatic carbocycles. The van der Waals surface area contributed by atoms with Gasteiger partial charge in [0, 0.05) is 46.2 Å². The van der Waals surface area contributed by atoms with Gasteiger partial charge in [-0.3, -0.25) is 14.4 Å². The van der Waals surface area contributed by atoms with E-state index in [1.54, 1.807) is 0 Å². The highest BCUT2D eigenvalue weighted by molar-refractivity contribution is 5.89. The number of carbonyl (C=O) groups excluding carboxylic acids is 1. The van der Waals surface area contributed by atoms with Crippen molar-refractivity contribution < 1.29 is 55.4 Å². The predicted molar refractivity (Wildman–Crippen MR) is 124 cm³/mol. The van der Waals surface area contributed by atoms with E-state index >= 15 is 0 Å². The van der Waals surface area contributed by atoms with Crippen molar-refractivity contribution in [2.45, 2.75) is 58.6 Å². The number of nitrogens with zero attached hydrogens (tertiary/aromatic N) is 5. The number of fused-ring (bicyclic) bond motifs is 1. The molecule has 1 atom stereocenters. The zero-order valence-electron chi connectivity index (χ0n) is 21.8. The van der Waals surface area contributed by atoms with Crippen molar-refractivity contribution in [1.29, 1.82) is 0 Å². The number of aliphatic carboxylic acids is 2. The second-order valence-electron chi connectivity index (χ2n) is 9.35. The van der Waals surface area contributed by atoms with Crippen LogP contribution in [0.2, 0.25) is 0 Å². The van der Waals surface area contributed by atoms with E-state index in [1.807, 2.05) is 23.6 Å². The third kappa shape index (κ3) is 9.53. The number of alkyl halides is 6. The zero-order valence-corrected chi connectivity index (χ0v) is 21.8.